The molecule has 1 amide bonds. The molecule has 0 unspecified atom stereocenters. The van der Waals surface area contributed by atoms with Gasteiger partial charge in [0, 0.05) is 18.0 Å². The molecule has 8 atom stereocenters. The Morgan fingerprint density at radius 1 is 1.07 bits per heavy atom. The predicted molar refractivity (Wildman–Crippen MR) is 157 cm³/mol. The first-order chi connectivity index (χ1) is 21.8. The van der Waals surface area contributed by atoms with Crippen LogP contribution in [0.1, 0.15) is 49.4 Å². The molecular weight excluding hydrogens is 604 g/mol. The first kappa shape index (κ1) is 32.9. The number of rotatable bonds is 11. The molecule has 2 aliphatic carbocycles. The zero-order chi connectivity index (χ0) is 33.6. The van der Waals surface area contributed by atoms with Gasteiger partial charge in [-0.1, -0.05) is 43.3 Å². The number of aliphatic hydroxyl groups excluding tert-OH is 2. The molecule has 0 bridgehead atoms. The fourth-order valence-electron chi connectivity index (χ4n) is 6.90. The van der Waals surface area contributed by atoms with Crippen molar-refractivity contribution in [3.8, 4) is 11.5 Å². The maximum atomic E-state index is 13.0. The third-order valence-corrected chi connectivity index (χ3v) is 9.23. The van der Waals surface area contributed by atoms with Gasteiger partial charge in [0.15, 0.2) is 42.0 Å². The molecule has 7 N–H and O–H groups in total. The Balaban J connectivity index is 1.28. The van der Waals surface area contributed by atoms with E-state index in [0.717, 1.165) is 12.5 Å². The number of amides is 1. The van der Waals surface area contributed by atoms with E-state index in [1.807, 2.05) is 6.92 Å². The number of aliphatic hydroxyl groups is 3. The number of aliphatic carboxylic acids is 1. The van der Waals surface area contributed by atoms with Gasteiger partial charge in [-0.15, -0.1) is 0 Å². The Labute approximate surface area is 263 Å². The molecule has 1 heterocycles. The van der Waals surface area contributed by atoms with Crippen LogP contribution < -0.4 is 15.4 Å². The number of esters is 2. The summed E-state index contributed by atoms with van der Waals surface area (Å²) in [4.78, 5) is 50.0. The van der Waals surface area contributed by atoms with Crippen molar-refractivity contribution in [2.24, 2.45) is 0 Å². The van der Waals surface area contributed by atoms with Crippen molar-refractivity contribution >= 4 is 23.8 Å². The highest BCUT2D eigenvalue weighted by atomic mass is 16.6. The predicted octanol–water partition coefficient (Wildman–Crippen LogP) is 0.103. The Morgan fingerprint density at radius 3 is 2.37 bits per heavy atom. The molecule has 14 heteroatoms. The van der Waals surface area contributed by atoms with Gasteiger partial charge in [0.25, 0.3) is 5.91 Å². The maximum absolute atomic E-state index is 13.0. The molecule has 0 saturated carbocycles. The van der Waals surface area contributed by atoms with Crippen molar-refractivity contribution in [2.45, 2.75) is 80.6 Å². The fourth-order valence-corrected chi connectivity index (χ4v) is 6.90. The molecule has 246 valence electrons. The van der Waals surface area contributed by atoms with E-state index in [1.165, 1.54) is 24.3 Å². The van der Waals surface area contributed by atoms with Crippen molar-refractivity contribution in [3.05, 3.63) is 71.0 Å². The monoisotopic (exact) mass is 640 g/mol. The summed E-state index contributed by atoms with van der Waals surface area (Å²) in [7, 11) is 1.72. The number of carboxylic acid groups (broad SMARTS) is 1. The molecule has 0 fully saturated rings. The van der Waals surface area contributed by atoms with E-state index in [9.17, 15) is 44.7 Å². The van der Waals surface area contributed by atoms with Gasteiger partial charge in [-0.3, -0.25) is 4.79 Å². The topological polar surface area (TPSA) is 221 Å². The number of phenolic OH excluding ortho intramolecular Hbond substituents is 1. The van der Waals surface area contributed by atoms with Gasteiger partial charge in [0.2, 0.25) is 0 Å². The zero-order valence-corrected chi connectivity index (χ0v) is 25.3. The first-order valence-electron chi connectivity index (χ1n) is 14.8. The molecule has 2 aromatic carbocycles. The number of ether oxygens (including phenoxy) is 3. The molecule has 3 aliphatic rings. The van der Waals surface area contributed by atoms with E-state index in [2.05, 4.69) is 10.6 Å². The molecule has 0 radical (unpaired) electrons. The number of nitrogens with one attached hydrogen (secondary N) is 2. The second-order valence-corrected chi connectivity index (χ2v) is 11.6. The number of hydrogen-bond acceptors (Lipinski definition) is 12. The number of carbonyl (C=O) groups excluding carboxylic acids is 3. The van der Waals surface area contributed by atoms with Crippen LogP contribution in [0, 0.1) is 0 Å². The summed E-state index contributed by atoms with van der Waals surface area (Å²) in [5.41, 5.74) is -0.878. The van der Waals surface area contributed by atoms with Crippen molar-refractivity contribution in [1.82, 2.24) is 10.6 Å². The van der Waals surface area contributed by atoms with E-state index in [1.54, 1.807) is 31.3 Å². The van der Waals surface area contributed by atoms with Gasteiger partial charge in [0.1, 0.15) is 5.76 Å². The largest absolute Gasteiger partial charge is 0.504 e. The molecule has 46 heavy (non-hydrogen) atoms. The third-order valence-electron chi connectivity index (χ3n) is 9.23. The molecule has 5 rings (SSSR count). The minimum absolute atomic E-state index is 0.0109. The van der Waals surface area contributed by atoms with E-state index in [-0.39, 0.29) is 29.2 Å². The summed E-state index contributed by atoms with van der Waals surface area (Å²) < 4.78 is 16.5. The Morgan fingerprint density at radius 2 is 1.74 bits per heavy atom. The highest BCUT2D eigenvalue weighted by Crippen LogP contribution is 2.63. The molecule has 2 aromatic rings. The van der Waals surface area contributed by atoms with E-state index >= 15 is 0 Å². The lowest BCUT2D eigenvalue weighted by atomic mass is 9.52. The molecule has 0 saturated heterocycles. The van der Waals surface area contributed by atoms with Crippen molar-refractivity contribution in [1.29, 1.82) is 0 Å². The second-order valence-electron chi connectivity index (χ2n) is 11.6. The van der Waals surface area contributed by atoms with Crippen LogP contribution in [-0.4, -0.2) is 92.5 Å². The number of likely N-dealkylation sites (N-methyl/N-ethyl adjacent to an activating group) is 1. The third kappa shape index (κ3) is 5.16. The Bertz CT molecular complexity index is 1580. The van der Waals surface area contributed by atoms with E-state index in [0.29, 0.717) is 18.4 Å². The van der Waals surface area contributed by atoms with Gasteiger partial charge in [-0.25, -0.2) is 14.4 Å². The summed E-state index contributed by atoms with van der Waals surface area (Å²) in [5.74, 6) is -5.47. The molecule has 1 aliphatic heterocycles. The Hall–Kier alpha value is -4.50. The van der Waals surface area contributed by atoms with Gasteiger partial charge < -0.3 is 50.4 Å². The summed E-state index contributed by atoms with van der Waals surface area (Å²) in [6, 6.07) is 9.14. The highest BCUT2D eigenvalue weighted by molar-refractivity contribution is 5.90. The van der Waals surface area contributed by atoms with Crippen LogP contribution in [0.4, 0.5) is 0 Å². The quantitative estimate of drug-likeness (QED) is 0.162. The van der Waals surface area contributed by atoms with Gasteiger partial charge in [-0.2, -0.15) is 0 Å². The minimum atomic E-state index is -2.48. The van der Waals surface area contributed by atoms with E-state index in [4.69, 9.17) is 14.2 Å². The normalized spacial score (nSPS) is 26.7. The zero-order valence-electron chi connectivity index (χ0n) is 25.3. The van der Waals surface area contributed by atoms with Crippen LogP contribution in [0.3, 0.4) is 0 Å². The summed E-state index contributed by atoms with van der Waals surface area (Å²) in [6.45, 7) is 2.95. The first-order valence-corrected chi connectivity index (χ1v) is 14.8. The van der Waals surface area contributed by atoms with Crippen molar-refractivity contribution < 1.29 is 58.9 Å². The van der Waals surface area contributed by atoms with Crippen molar-refractivity contribution in [2.75, 3.05) is 7.05 Å². The van der Waals surface area contributed by atoms with E-state index < -0.39 is 71.3 Å². The Kier molecular flexibility index (Phi) is 8.84. The summed E-state index contributed by atoms with van der Waals surface area (Å²) >= 11 is 0. The van der Waals surface area contributed by atoms with Crippen LogP contribution in [0.5, 0.6) is 11.5 Å². The number of carboxylic acids is 1. The van der Waals surface area contributed by atoms with Crippen LogP contribution >= 0.6 is 0 Å². The van der Waals surface area contributed by atoms with Crippen LogP contribution in [0.25, 0.3) is 0 Å². The standard InChI is InChI=1S/C32H36N2O12/c1-4-31-21-17-10-11-18(35)25(21)46-26(31)19(12-13-32(31,43)20(14-17)33-3)45-30(42)24(37)23(36)29(41)44-15(2)27(38)34-22(28(39)40)16-8-6-5-7-9-16/h5-12,15,20,22-24,26,33,35-37,43H,4,13-14H2,1-3H3,(H,34,38)(H,39,40)/t15-,20+,22-,23+,24+,26-,31-,32+/m0/s1. The van der Waals surface area contributed by atoms with Gasteiger partial charge in [0.05, 0.1) is 11.0 Å². The molecule has 14 nitrogen and oxygen atoms in total. The second kappa shape index (κ2) is 12.4. The van der Waals surface area contributed by atoms with Gasteiger partial charge >= 0.3 is 17.9 Å². The lowest BCUT2D eigenvalue weighted by Crippen LogP contribution is -2.70. The summed E-state index contributed by atoms with van der Waals surface area (Å²) in [5, 5.41) is 58.7. The smallest absolute Gasteiger partial charge is 0.343 e. The van der Waals surface area contributed by atoms with Gasteiger partial charge in [-0.05, 0) is 50.1 Å². The summed E-state index contributed by atoms with van der Waals surface area (Å²) in [6.07, 6.45) is -5.45. The number of aromatic hydroxyl groups is 1. The number of benzene rings is 2. The number of carbonyl (C=O) groups is 4. The number of phenols is 1. The average Bonchev–Trinajstić information content (AvgIpc) is 3.42. The molecule has 0 spiro atoms. The fraction of sp³-hybridized carbons (Fsp3) is 0.438. The highest BCUT2D eigenvalue weighted by Gasteiger charge is 2.69. The molecule has 0 aromatic heterocycles. The lowest BCUT2D eigenvalue weighted by Gasteiger charge is -2.56. The van der Waals surface area contributed by atoms with Crippen molar-refractivity contribution in [3.63, 3.8) is 0 Å². The van der Waals surface area contributed by atoms with Crippen LogP contribution in [0.15, 0.2) is 54.3 Å². The van der Waals surface area contributed by atoms with Crippen LogP contribution in [0.2, 0.25) is 0 Å². The lowest BCUT2D eigenvalue weighted by molar-refractivity contribution is -0.177. The van der Waals surface area contributed by atoms with Crippen LogP contribution in [-0.2, 0) is 40.5 Å². The molecular formula is C32H36N2O12. The minimum Gasteiger partial charge on any atom is -0.504 e. The SMILES string of the molecule is CC[C@]12c3c4ccc(O)c3O[C@H]1C(OC(=O)[C@H](O)[C@@H](O)C(=O)O[C@@H](C)C(=O)N[C@H](C(=O)O)c1ccccc1)=CC[C@@]2(O)[C@H](NC)C4. The average molecular weight is 641 g/mol. The number of hydrogen-bond donors (Lipinski definition) is 7. The maximum Gasteiger partial charge on any atom is 0.343 e.